The van der Waals surface area contributed by atoms with Crippen LogP contribution in [-0.2, 0) is 0 Å². The Kier molecular flexibility index (Phi) is 4.45. The SMILES string of the molecule is c1ccc2c(c1)ccc1c3ccccc3n(-c3ccc(-c4ccc5c(c4)Oc4cccc6c7ccccc7n-5c46)cc3)c21. The van der Waals surface area contributed by atoms with Gasteiger partial charge in [-0.15, -0.1) is 0 Å². The maximum Gasteiger partial charge on any atom is 0.152 e. The summed E-state index contributed by atoms with van der Waals surface area (Å²) in [5, 5.41) is 7.52. The summed E-state index contributed by atoms with van der Waals surface area (Å²) in [6, 6.07) is 52.3. The molecular weight excluding hydrogens is 524 g/mol. The number of benzene rings is 7. The molecule has 0 aliphatic carbocycles. The fourth-order valence-corrected chi connectivity index (χ4v) is 7.20. The zero-order valence-corrected chi connectivity index (χ0v) is 23.2. The number of ether oxygens (including phenoxy) is 1. The molecule has 1 aliphatic heterocycles. The van der Waals surface area contributed by atoms with E-state index in [2.05, 4.69) is 155 Å². The van der Waals surface area contributed by atoms with Crippen molar-refractivity contribution >= 4 is 54.4 Å². The molecule has 43 heavy (non-hydrogen) atoms. The van der Waals surface area contributed by atoms with Crippen LogP contribution in [0.3, 0.4) is 0 Å². The minimum atomic E-state index is 0.872. The first-order valence-electron chi connectivity index (χ1n) is 14.7. The summed E-state index contributed by atoms with van der Waals surface area (Å²) in [6.07, 6.45) is 0. The molecule has 0 radical (unpaired) electrons. The maximum atomic E-state index is 6.54. The van der Waals surface area contributed by atoms with Crippen LogP contribution >= 0.6 is 0 Å². The summed E-state index contributed by atoms with van der Waals surface area (Å²) in [4.78, 5) is 0. The largest absolute Gasteiger partial charge is 0.453 e. The van der Waals surface area contributed by atoms with Crippen LogP contribution in [0.2, 0.25) is 0 Å². The number of nitrogens with zero attached hydrogens (tertiary/aromatic N) is 2. The lowest BCUT2D eigenvalue weighted by atomic mass is 10.0. The number of para-hydroxylation sites is 3. The van der Waals surface area contributed by atoms with E-state index in [9.17, 15) is 0 Å². The van der Waals surface area contributed by atoms with Gasteiger partial charge in [0.25, 0.3) is 0 Å². The summed E-state index contributed by atoms with van der Waals surface area (Å²) < 4.78 is 11.3. The molecule has 3 heterocycles. The Balaban J connectivity index is 1.12. The normalized spacial score (nSPS) is 12.4. The lowest BCUT2D eigenvalue weighted by Crippen LogP contribution is -2.04. The summed E-state index contributed by atoms with van der Waals surface area (Å²) >= 11 is 0. The van der Waals surface area contributed by atoms with E-state index in [0.717, 1.165) is 39.5 Å². The minimum absolute atomic E-state index is 0.872. The van der Waals surface area contributed by atoms with Crippen LogP contribution in [-0.4, -0.2) is 9.13 Å². The Labute approximate surface area is 247 Å². The van der Waals surface area contributed by atoms with Crippen molar-refractivity contribution in [3.8, 4) is 34.0 Å². The van der Waals surface area contributed by atoms with Crippen LogP contribution in [0, 0.1) is 0 Å². The molecule has 2 aromatic heterocycles. The molecule has 0 atom stereocenters. The van der Waals surface area contributed by atoms with Gasteiger partial charge in [-0.3, -0.25) is 0 Å². The van der Waals surface area contributed by atoms with Crippen molar-refractivity contribution in [2.75, 3.05) is 0 Å². The third kappa shape index (κ3) is 3.08. The van der Waals surface area contributed by atoms with E-state index in [-0.39, 0.29) is 0 Å². The van der Waals surface area contributed by atoms with Gasteiger partial charge in [-0.05, 0) is 59.0 Å². The molecule has 3 nitrogen and oxygen atoms in total. The molecule has 0 spiro atoms. The highest BCUT2D eigenvalue weighted by Crippen LogP contribution is 2.46. The minimum Gasteiger partial charge on any atom is -0.453 e. The molecule has 10 rings (SSSR count). The summed E-state index contributed by atoms with van der Waals surface area (Å²) in [5.41, 5.74) is 9.30. The van der Waals surface area contributed by atoms with Crippen LogP contribution in [0.25, 0.3) is 76.9 Å². The quantitative estimate of drug-likeness (QED) is 0.210. The van der Waals surface area contributed by atoms with Crippen molar-refractivity contribution in [3.05, 3.63) is 146 Å². The van der Waals surface area contributed by atoms with Gasteiger partial charge in [0.1, 0.15) is 0 Å². The van der Waals surface area contributed by atoms with Crippen molar-refractivity contribution in [1.82, 2.24) is 9.13 Å². The van der Waals surface area contributed by atoms with E-state index in [1.54, 1.807) is 0 Å². The molecule has 0 N–H and O–H groups in total. The number of aromatic nitrogens is 2. The van der Waals surface area contributed by atoms with E-state index < -0.39 is 0 Å². The average molecular weight is 549 g/mol. The first-order chi connectivity index (χ1) is 21.3. The van der Waals surface area contributed by atoms with E-state index in [1.807, 2.05) is 0 Å². The molecule has 0 saturated carbocycles. The fourth-order valence-electron chi connectivity index (χ4n) is 7.20. The Bertz CT molecular complexity index is 2580. The van der Waals surface area contributed by atoms with Crippen LogP contribution in [0.1, 0.15) is 0 Å². The fraction of sp³-hybridized carbons (Fsp3) is 0. The van der Waals surface area contributed by atoms with Gasteiger partial charge in [0.05, 0.1) is 27.8 Å². The second-order valence-electron chi connectivity index (χ2n) is 11.4. The Hall–Kier alpha value is -5.80. The zero-order chi connectivity index (χ0) is 28.1. The average Bonchev–Trinajstić information content (AvgIpc) is 3.59. The van der Waals surface area contributed by atoms with Crippen molar-refractivity contribution in [3.63, 3.8) is 0 Å². The second-order valence-corrected chi connectivity index (χ2v) is 11.4. The number of fused-ring (bicyclic) bond motifs is 10. The van der Waals surface area contributed by atoms with E-state index in [4.69, 9.17) is 4.74 Å². The summed E-state index contributed by atoms with van der Waals surface area (Å²) in [7, 11) is 0. The van der Waals surface area contributed by atoms with Crippen molar-refractivity contribution in [2.24, 2.45) is 0 Å². The molecule has 0 unspecified atom stereocenters. The third-order valence-corrected chi connectivity index (χ3v) is 9.10. The Morgan fingerprint density at radius 3 is 1.86 bits per heavy atom. The molecule has 200 valence electrons. The third-order valence-electron chi connectivity index (χ3n) is 9.10. The van der Waals surface area contributed by atoms with Crippen LogP contribution in [0.4, 0.5) is 0 Å². The van der Waals surface area contributed by atoms with E-state index in [0.29, 0.717) is 0 Å². The van der Waals surface area contributed by atoms with Crippen molar-refractivity contribution in [2.45, 2.75) is 0 Å². The van der Waals surface area contributed by atoms with Gasteiger partial charge in [0, 0.05) is 32.6 Å². The summed E-state index contributed by atoms with van der Waals surface area (Å²) in [6.45, 7) is 0. The molecule has 9 aromatic rings. The summed E-state index contributed by atoms with van der Waals surface area (Å²) in [5.74, 6) is 1.77. The van der Waals surface area contributed by atoms with Crippen LogP contribution in [0.15, 0.2) is 146 Å². The molecule has 7 aromatic carbocycles. The Morgan fingerprint density at radius 2 is 1.05 bits per heavy atom. The number of rotatable bonds is 2. The lowest BCUT2D eigenvalue weighted by Gasteiger charge is -2.21. The lowest BCUT2D eigenvalue weighted by molar-refractivity contribution is 0.476. The number of hydrogen-bond donors (Lipinski definition) is 0. The van der Waals surface area contributed by atoms with Gasteiger partial charge in [0.2, 0.25) is 0 Å². The highest BCUT2D eigenvalue weighted by Gasteiger charge is 2.24. The zero-order valence-electron chi connectivity index (χ0n) is 23.2. The van der Waals surface area contributed by atoms with Gasteiger partial charge < -0.3 is 13.9 Å². The highest BCUT2D eigenvalue weighted by molar-refractivity contribution is 6.18. The van der Waals surface area contributed by atoms with Crippen LogP contribution < -0.4 is 4.74 Å². The van der Waals surface area contributed by atoms with Crippen molar-refractivity contribution in [1.29, 1.82) is 0 Å². The first kappa shape index (κ1) is 22.8. The maximum absolute atomic E-state index is 6.54. The predicted octanol–water partition coefficient (Wildman–Crippen LogP) is 10.8. The van der Waals surface area contributed by atoms with Gasteiger partial charge in [-0.25, -0.2) is 0 Å². The van der Waals surface area contributed by atoms with Gasteiger partial charge in [-0.2, -0.15) is 0 Å². The first-order valence-corrected chi connectivity index (χ1v) is 14.7. The van der Waals surface area contributed by atoms with Crippen molar-refractivity contribution < 1.29 is 4.74 Å². The standard InChI is InChI=1S/C40H24N2O/c1-2-9-29-26(8-1)18-22-33-31-11-3-5-13-34(31)41(39(29)33)28-20-16-25(17-21-28)27-19-23-36-38(24-27)43-37-15-7-12-32-30-10-4-6-14-35(30)42(36)40(32)37/h1-24H. The monoisotopic (exact) mass is 548 g/mol. The molecule has 0 amide bonds. The molecular formula is C40H24N2O. The molecule has 0 saturated heterocycles. The van der Waals surface area contributed by atoms with Gasteiger partial charge in [-0.1, -0.05) is 103 Å². The highest BCUT2D eigenvalue weighted by atomic mass is 16.5. The smallest absolute Gasteiger partial charge is 0.152 e. The molecule has 0 bridgehead atoms. The van der Waals surface area contributed by atoms with Crippen LogP contribution in [0.5, 0.6) is 11.5 Å². The topological polar surface area (TPSA) is 19.1 Å². The van der Waals surface area contributed by atoms with Gasteiger partial charge >= 0.3 is 0 Å². The molecule has 1 aliphatic rings. The Morgan fingerprint density at radius 1 is 0.395 bits per heavy atom. The predicted molar refractivity (Wildman–Crippen MR) is 178 cm³/mol. The number of hydrogen-bond acceptors (Lipinski definition) is 1. The molecule has 0 fully saturated rings. The second kappa shape index (κ2) is 8.37. The van der Waals surface area contributed by atoms with E-state index in [1.165, 1.54) is 48.9 Å². The molecule has 3 heteroatoms. The van der Waals surface area contributed by atoms with E-state index >= 15 is 0 Å². The van der Waals surface area contributed by atoms with Gasteiger partial charge in [0.15, 0.2) is 11.5 Å².